The Hall–Kier alpha value is -2.68. The molecule has 0 atom stereocenters. The van der Waals surface area contributed by atoms with Crippen molar-refractivity contribution < 1.29 is 4.79 Å². The fraction of sp³-hybridized carbons (Fsp3) is 0.0588. The van der Waals surface area contributed by atoms with Crippen LogP contribution in [0.2, 0.25) is 0 Å². The molecule has 0 saturated heterocycles. The van der Waals surface area contributed by atoms with E-state index in [4.69, 9.17) is 5.73 Å². The smallest absolute Gasteiger partial charge is 0.248 e. The number of primary amides is 1. The number of amides is 1. The van der Waals surface area contributed by atoms with Gasteiger partial charge in [0.05, 0.1) is 5.52 Å². The van der Waals surface area contributed by atoms with E-state index in [1.165, 1.54) is 0 Å². The number of aryl methyl sites for hydroxylation is 1. The van der Waals surface area contributed by atoms with Crippen LogP contribution in [-0.4, -0.2) is 10.9 Å². The van der Waals surface area contributed by atoms with Gasteiger partial charge in [0.2, 0.25) is 5.91 Å². The molecule has 1 heterocycles. The summed E-state index contributed by atoms with van der Waals surface area (Å²) in [6.07, 6.45) is 0. The van der Waals surface area contributed by atoms with Gasteiger partial charge in [-0.1, -0.05) is 36.4 Å². The van der Waals surface area contributed by atoms with Crippen LogP contribution in [0.4, 0.5) is 0 Å². The maximum Gasteiger partial charge on any atom is 0.248 e. The number of nitrogens with zero attached hydrogens (tertiary/aromatic N) is 1. The van der Waals surface area contributed by atoms with Crippen LogP contribution in [0.25, 0.3) is 22.0 Å². The zero-order valence-corrected chi connectivity index (χ0v) is 11.1. The SMILES string of the molecule is Cc1nc2cc(C(N)=O)ccc2cc1-c1ccccc1. The van der Waals surface area contributed by atoms with Gasteiger partial charge in [0.15, 0.2) is 0 Å². The van der Waals surface area contributed by atoms with Crippen LogP contribution in [-0.2, 0) is 0 Å². The molecule has 0 aliphatic rings. The van der Waals surface area contributed by atoms with Crippen molar-refractivity contribution >= 4 is 16.8 Å². The highest BCUT2D eigenvalue weighted by Gasteiger charge is 2.07. The van der Waals surface area contributed by atoms with E-state index in [0.717, 1.165) is 27.7 Å². The quantitative estimate of drug-likeness (QED) is 0.770. The standard InChI is InChI=1S/C17H14N2O/c1-11-15(12-5-3-2-4-6-12)9-13-7-8-14(17(18)20)10-16(13)19-11/h2-10H,1H3,(H2,18,20). The zero-order chi connectivity index (χ0) is 14.1. The van der Waals surface area contributed by atoms with Crippen molar-refractivity contribution in [2.45, 2.75) is 6.92 Å². The van der Waals surface area contributed by atoms with E-state index in [0.29, 0.717) is 5.56 Å². The Balaban J connectivity index is 2.20. The van der Waals surface area contributed by atoms with Crippen LogP contribution in [0.15, 0.2) is 54.6 Å². The summed E-state index contributed by atoms with van der Waals surface area (Å²) in [7, 11) is 0. The Labute approximate surface area is 117 Å². The number of fused-ring (bicyclic) bond motifs is 1. The summed E-state index contributed by atoms with van der Waals surface area (Å²) in [4.78, 5) is 15.8. The molecule has 98 valence electrons. The number of benzene rings is 2. The van der Waals surface area contributed by atoms with Crippen LogP contribution in [0.3, 0.4) is 0 Å². The predicted octanol–water partition coefficient (Wildman–Crippen LogP) is 3.31. The summed E-state index contributed by atoms with van der Waals surface area (Å²) in [6, 6.07) is 17.6. The highest BCUT2D eigenvalue weighted by molar-refractivity contribution is 5.97. The maximum absolute atomic E-state index is 11.2. The third-order valence-electron chi connectivity index (χ3n) is 3.38. The molecular formula is C17H14N2O. The van der Waals surface area contributed by atoms with Crippen molar-refractivity contribution in [1.29, 1.82) is 0 Å². The Kier molecular flexibility index (Phi) is 2.95. The van der Waals surface area contributed by atoms with Crippen molar-refractivity contribution in [3.8, 4) is 11.1 Å². The van der Waals surface area contributed by atoms with E-state index < -0.39 is 5.91 Å². The average Bonchev–Trinajstić information content (AvgIpc) is 2.46. The minimum absolute atomic E-state index is 0.432. The summed E-state index contributed by atoms with van der Waals surface area (Å²) in [5.74, 6) is -0.432. The van der Waals surface area contributed by atoms with Crippen molar-refractivity contribution in [3.05, 3.63) is 65.9 Å². The van der Waals surface area contributed by atoms with E-state index in [9.17, 15) is 4.79 Å². The molecule has 0 aliphatic heterocycles. The molecule has 0 radical (unpaired) electrons. The first-order valence-corrected chi connectivity index (χ1v) is 6.42. The largest absolute Gasteiger partial charge is 0.366 e. The van der Waals surface area contributed by atoms with Crippen LogP contribution in [0.1, 0.15) is 16.1 Å². The minimum atomic E-state index is -0.432. The molecule has 20 heavy (non-hydrogen) atoms. The zero-order valence-electron chi connectivity index (χ0n) is 11.1. The lowest BCUT2D eigenvalue weighted by Crippen LogP contribution is -2.10. The lowest BCUT2D eigenvalue weighted by Gasteiger charge is -2.08. The van der Waals surface area contributed by atoms with Gasteiger partial charge in [-0.3, -0.25) is 9.78 Å². The van der Waals surface area contributed by atoms with E-state index in [-0.39, 0.29) is 0 Å². The van der Waals surface area contributed by atoms with Crippen LogP contribution in [0.5, 0.6) is 0 Å². The number of carbonyl (C=O) groups is 1. The lowest BCUT2D eigenvalue weighted by molar-refractivity contribution is 0.100. The van der Waals surface area contributed by atoms with Gasteiger partial charge in [0.1, 0.15) is 0 Å². The number of rotatable bonds is 2. The number of carbonyl (C=O) groups excluding carboxylic acids is 1. The summed E-state index contributed by atoms with van der Waals surface area (Å²) in [6.45, 7) is 1.97. The van der Waals surface area contributed by atoms with Crippen molar-refractivity contribution in [3.63, 3.8) is 0 Å². The minimum Gasteiger partial charge on any atom is -0.366 e. The highest BCUT2D eigenvalue weighted by Crippen LogP contribution is 2.26. The normalized spacial score (nSPS) is 10.7. The number of hydrogen-bond acceptors (Lipinski definition) is 2. The number of nitrogens with two attached hydrogens (primary N) is 1. The van der Waals surface area contributed by atoms with Gasteiger partial charge in [-0.05, 0) is 30.7 Å². The molecule has 1 aromatic heterocycles. The van der Waals surface area contributed by atoms with Gasteiger partial charge in [-0.2, -0.15) is 0 Å². The third kappa shape index (κ3) is 2.14. The van der Waals surface area contributed by atoms with Gasteiger partial charge >= 0.3 is 0 Å². The number of aromatic nitrogens is 1. The predicted molar refractivity (Wildman–Crippen MR) is 80.4 cm³/mol. The Bertz CT molecular complexity index is 795. The number of pyridine rings is 1. The van der Waals surface area contributed by atoms with Gasteiger partial charge < -0.3 is 5.73 Å². The first-order valence-electron chi connectivity index (χ1n) is 6.42. The molecular weight excluding hydrogens is 248 g/mol. The van der Waals surface area contributed by atoms with E-state index in [1.54, 1.807) is 12.1 Å². The van der Waals surface area contributed by atoms with Crippen LogP contribution < -0.4 is 5.73 Å². The van der Waals surface area contributed by atoms with E-state index in [1.807, 2.05) is 31.2 Å². The Morgan fingerprint density at radius 1 is 1.05 bits per heavy atom. The molecule has 3 nitrogen and oxygen atoms in total. The fourth-order valence-corrected chi connectivity index (χ4v) is 2.33. The molecule has 2 aromatic carbocycles. The number of hydrogen-bond donors (Lipinski definition) is 1. The first kappa shape index (κ1) is 12.4. The maximum atomic E-state index is 11.2. The van der Waals surface area contributed by atoms with Crippen LogP contribution >= 0.6 is 0 Å². The molecule has 3 aromatic rings. The molecule has 0 unspecified atom stereocenters. The molecule has 3 heteroatoms. The van der Waals surface area contributed by atoms with E-state index >= 15 is 0 Å². The second-order valence-corrected chi connectivity index (χ2v) is 4.76. The van der Waals surface area contributed by atoms with Gasteiger partial charge in [-0.25, -0.2) is 0 Å². The second kappa shape index (κ2) is 4.78. The van der Waals surface area contributed by atoms with Crippen molar-refractivity contribution in [2.24, 2.45) is 5.73 Å². The van der Waals surface area contributed by atoms with Gasteiger partial charge in [0, 0.05) is 22.2 Å². The molecule has 0 aliphatic carbocycles. The Morgan fingerprint density at radius 3 is 2.50 bits per heavy atom. The van der Waals surface area contributed by atoms with Gasteiger partial charge in [-0.15, -0.1) is 0 Å². The third-order valence-corrected chi connectivity index (χ3v) is 3.38. The molecule has 1 amide bonds. The topological polar surface area (TPSA) is 56.0 Å². The molecule has 0 spiro atoms. The van der Waals surface area contributed by atoms with Gasteiger partial charge in [0.25, 0.3) is 0 Å². The molecule has 0 saturated carbocycles. The molecule has 2 N–H and O–H groups in total. The Morgan fingerprint density at radius 2 is 1.80 bits per heavy atom. The average molecular weight is 262 g/mol. The molecule has 0 bridgehead atoms. The van der Waals surface area contributed by atoms with E-state index in [2.05, 4.69) is 23.2 Å². The lowest BCUT2D eigenvalue weighted by atomic mass is 10.0. The molecule has 0 fully saturated rings. The first-order chi connectivity index (χ1) is 9.65. The van der Waals surface area contributed by atoms with Crippen molar-refractivity contribution in [2.75, 3.05) is 0 Å². The summed E-state index contributed by atoms with van der Waals surface area (Å²) >= 11 is 0. The second-order valence-electron chi connectivity index (χ2n) is 4.76. The van der Waals surface area contributed by atoms with Crippen LogP contribution in [0, 0.1) is 6.92 Å². The van der Waals surface area contributed by atoms with Crippen molar-refractivity contribution in [1.82, 2.24) is 4.98 Å². The summed E-state index contributed by atoms with van der Waals surface area (Å²) in [5, 5.41) is 0.999. The summed E-state index contributed by atoms with van der Waals surface area (Å²) in [5.41, 5.74) is 9.75. The monoisotopic (exact) mass is 262 g/mol. The fourth-order valence-electron chi connectivity index (χ4n) is 2.33. The highest BCUT2D eigenvalue weighted by atomic mass is 16.1. The molecule has 3 rings (SSSR count). The summed E-state index contributed by atoms with van der Waals surface area (Å²) < 4.78 is 0.